The van der Waals surface area contributed by atoms with E-state index in [1.54, 1.807) is 0 Å². The Hall–Kier alpha value is -3.43. The van der Waals surface area contributed by atoms with Gasteiger partial charge >= 0.3 is 7.82 Å². The summed E-state index contributed by atoms with van der Waals surface area (Å²) in [7, 11) is -4.10. The van der Waals surface area contributed by atoms with Crippen molar-refractivity contribution in [3.8, 4) is 17.2 Å². The van der Waals surface area contributed by atoms with Gasteiger partial charge in [-0.2, -0.15) is 4.57 Å². The normalized spacial score (nSPS) is 18.2. The molecule has 3 heterocycles. The summed E-state index contributed by atoms with van der Waals surface area (Å²) >= 11 is 0. The molecule has 0 aromatic heterocycles. The van der Waals surface area contributed by atoms with Gasteiger partial charge in [-0.3, -0.25) is 0 Å². The molecular formula is C30H39N6O4P. The molecule has 3 aromatic carbocycles. The van der Waals surface area contributed by atoms with Crippen LogP contribution in [0.1, 0.15) is 0 Å². The van der Waals surface area contributed by atoms with Gasteiger partial charge in [0.05, 0.1) is 0 Å². The second-order valence-electron chi connectivity index (χ2n) is 10.4. The molecule has 0 amide bonds. The number of nitrogens with one attached hydrogen (secondary N) is 3. The molecule has 0 bridgehead atoms. The minimum Gasteiger partial charge on any atom is -0.386 e. The van der Waals surface area contributed by atoms with Crippen molar-refractivity contribution in [1.29, 1.82) is 0 Å². The summed E-state index contributed by atoms with van der Waals surface area (Å²) < 4.78 is 32.1. The number of rotatable bonds is 9. The molecule has 0 aliphatic carbocycles. The Balaban J connectivity index is 1.19. The van der Waals surface area contributed by atoms with Crippen molar-refractivity contribution in [1.82, 2.24) is 16.0 Å². The average molecular weight is 579 g/mol. The van der Waals surface area contributed by atoms with Gasteiger partial charge in [0.15, 0.2) is 0 Å². The summed E-state index contributed by atoms with van der Waals surface area (Å²) in [4.78, 5) is 6.94. The van der Waals surface area contributed by atoms with Gasteiger partial charge in [0.1, 0.15) is 17.2 Å². The highest BCUT2D eigenvalue weighted by molar-refractivity contribution is 7.49. The van der Waals surface area contributed by atoms with E-state index in [0.29, 0.717) is 17.2 Å². The zero-order chi connectivity index (χ0) is 27.9. The van der Waals surface area contributed by atoms with Gasteiger partial charge in [-0.1, -0.05) is 0 Å². The number of phosphoric acid groups is 1. The predicted octanol–water partition coefficient (Wildman–Crippen LogP) is 3.56. The maximum absolute atomic E-state index is 14.2. The first-order chi connectivity index (χ1) is 20.1. The molecule has 3 aromatic rings. The van der Waals surface area contributed by atoms with Crippen molar-refractivity contribution in [3.63, 3.8) is 0 Å². The van der Waals surface area contributed by atoms with Crippen molar-refractivity contribution in [2.24, 2.45) is 0 Å². The highest BCUT2D eigenvalue weighted by atomic mass is 31.2. The lowest BCUT2D eigenvalue weighted by Crippen LogP contribution is -2.43. The second kappa shape index (κ2) is 13.0. The van der Waals surface area contributed by atoms with E-state index < -0.39 is 7.82 Å². The van der Waals surface area contributed by atoms with Crippen molar-refractivity contribution >= 4 is 24.9 Å². The Kier molecular flexibility index (Phi) is 8.82. The van der Waals surface area contributed by atoms with E-state index in [1.807, 2.05) is 72.8 Å². The first-order valence-corrected chi connectivity index (χ1v) is 16.0. The Morgan fingerprint density at radius 3 is 0.927 bits per heavy atom. The van der Waals surface area contributed by atoms with Crippen LogP contribution in [0.2, 0.25) is 0 Å². The zero-order valence-corrected chi connectivity index (χ0v) is 24.2. The summed E-state index contributed by atoms with van der Waals surface area (Å²) in [5.41, 5.74) is 3.30. The fourth-order valence-corrected chi connectivity index (χ4v) is 6.62. The SMILES string of the molecule is O=P(Oc1ccc(N2CCNCC2)cc1)(Oc1ccc(N2CCNCC2)cc1)Oc1ccc(N2CCNCC2)cc1. The third-order valence-electron chi connectivity index (χ3n) is 7.61. The highest BCUT2D eigenvalue weighted by Gasteiger charge is 2.33. The number of benzene rings is 3. The molecule has 3 aliphatic rings. The first-order valence-electron chi connectivity index (χ1n) is 14.5. The molecule has 10 nitrogen and oxygen atoms in total. The van der Waals surface area contributed by atoms with Crippen LogP contribution in [0.25, 0.3) is 0 Å². The smallest absolute Gasteiger partial charge is 0.386 e. The standard InChI is InChI=1S/C30H39N6O4P/c37-41(38-28-7-1-25(2-8-28)34-19-13-31-14-20-34,39-29-9-3-26(4-10-29)35-21-15-32-16-22-35)40-30-11-5-27(6-12-30)36-23-17-33-18-24-36/h1-12,31-33H,13-24H2. The number of piperazine rings is 3. The minimum atomic E-state index is -4.10. The van der Waals surface area contributed by atoms with E-state index in [0.717, 1.165) is 95.6 Å². The van der Waals surface area contributed by atoms with Gasteiger partial charge < -0.3 is 44.2 Å². The number of hydrogen-bond acceptors (Lipinski definition) is 10. The van der Waals surface area contributed by atoms with E-state index in [2.05, 4.69) is 30.7 Å². The van der Waals surface area contributed by atoms with Crippen LogP contribution in [-0.2, 0) is 4.57 Å². The average Bonchev–Trinajstić information content (AvgIpc) is 3.03. The largest absolute Gasteiger partial charge is 0.647 e. The Bertz CT molecular complexity index is 1130. The molecule has 0 saturated carbocycles. The molecule has 0 spiro atoms. The number of nitrogens with zero attached hydrogens (tertiary/aromatic N) is 3. The van der Waals surface area contributed by atoms with Crippen LogP contribution in [0.5, 0.6) is 17.2 Å². The fourth-order valence-electron chi connectivity index (χ4n) is 5.37. The van der Waals surface area contributed by atoms with E-state index in [9.17, 15) is 4.57 Å². The van der Waals surface area contributed by atoms with Gasteiger partial charge in [-0.05, 0) is 72.8 Å². The summed E-state index contributed by atoms with van der Waals surface area (Å²) in [6.45, 7) is 11.4. The van der Waals surface area contributed by atoms with Gasteiger partial charge in [-0.15, -0.1) is 0 Å². The third kappa shape index (κ3) is 7.26. The van der Waals surface area contributed by atoms with E-state index in [-0.39, 0.29) is 0 Å². The van der Waals surface area contributed by atoms with Crippen molar-refractivity contribution in [2.75, 3.05) is 93.2 Å². The Labute approximate surface area is 242 Å². The van der Waals surface area contributed by atoms with E-state index in [1.165, 1.54) is 0 Å². The van der Waals surface area contributed by atoms with Crippen LogP contribution >= 0.6 is 7.82 Å². The minimum absolute atomic E-state index is 0.419. The first kappa shape index (κ1) is 27.7. The summed E-state index contributed by atoms with van der Waals surface area (Å²) in [6.07, 6.45) is 0. The maximum atomic E-state index is 14.2. The number of anilines is 3. The molecule has 3 saturated heterocycles. The predicted molar refractivity (Wildman–Crippen MR) is 164 cm³/mol. The van der Waals surface area contributed by atoms with Crippen LogP contribution in [0.4, 0.5) is 17.1 Å². The van der Waals surface area contributed by atoms with Gasteiger partial charge in [0, 0.05) is 95.6 Å². The van der Waals surface area contributed by atoms with Gasteiger partial charge in [0.2, 0.25) is 0 Å². The van der Waals surface area contributed by atoms with Crippen LogP contribution < -0.4 is 44.2 Å². The molecule has 0 unspecified atom stereocenters. The molecule has 3 aliphatic heterocycles. The lowest BCUT2D eigenvalue weighted by atomic mass is 10.2. The molecular weight excluding hydrogens is 539 g/mol. The number of phosphoric ester groups is 1. The summed E-state index contributed by atoms with van der Waals surface area (Å²) in [5, 5.41) is 10.1. The third-order valence-corrected chi connectivity index (χ3v) is 8.91. The molecule has 41 heavy (non-hydrogen) atoms. The van der Waals surface area contributed by atoms with E-state index in [4.69, 9.17) is 13.6 Å². The van der Waals surface area contributed by atoms with Crippen LogP contribution in [0, 0.1) is 0 Å². The molecule has 0 radical (unpaired) electrons. The molecule has 0 atom stereocenters. The quantitative estimate of drug-likeness (QED) is 0.328. The van der Waals surface area contributed by atoms with Gasteiger partial charge in [-0.25, -0.2) is 0 Å². The molecule has 11 heteroatoms. The lowest BCUT2D eigenvalue weighted by Gasteiger charge is -2.30. The van der Waals surface area contributed by atoms with E-state index >= 15 is 0 Å². The highest BCUT2D eigenvalue weighted by Crippen LogP contribution is 2.50. The van der Waals surface area contributed by atoms with Crippen molar-refractivity contribution in [2.45, 2.75) is 0 Å². The second-order valence-corrected chi connectivity index (χ2v) is 11.9. The summed E-state index contributed by atoms with van der Waals surface area (Å²) in [6, 6.07) is 22.8. The van der Waals surface area contributed by atoms with Crippen LogP contribution in [0.3, 0.4) is 0 Å². The zero-order valence-electron chi connectivity index (χ0n) is 23.3. The number of hydrogen-bond donors (Lipinski definition) is 3. The molecule has 3 N–H and O–H groups in total. The molecule has 6 rings (SSSR count). The van der Waals surface area contributed by atoms with Crippen molar-refractivity contribution in [3.05, 3.63) is 72.8 Å². The topological polar surface area (TPSA) is 90.6 Å². The summed E-state index contributed by atoms with van der Waals surface area (Å²) in [5.74, 6) is 1.26. The lowest BCUT2D eigenvalue weighted by molar-refractivity contribution is 0.298. The Morgan fingerprint density at radius 1 is 0.439 bits per heavy atom. The molecule has 218 valence electrons. The van der Waals surface area contributed by atoms with Crippen molar-refractivity contribution < 1.29 is 18.1 Å². The van der Waals surface area contributed by atoms with Crippen LogP contribution in [0.15, 0.2) is 72.8 Å². The van der Waals surface area contributed by atoms with Crippen LogP contribution in [-0.4, -0.2) is 78.5 Å². The molecule has 3 fully saturated rings. The van der Waals surface area contributed by atoms with Gasteiger partial charge in [0.25, 0.3) is 0 Å². The fraction of sp³-hybridized carbons (Fsp3) is 0.400. The Morgan fingerprint density at radius 2 is 0.683 bits per heavy atom. The maximum Gasteiger partial charge on any atom is 0.647 e. The monoisotopic (exact) mass is 578 g/mol.